The molecule has 0 bridgehead atoms. The van der Waals surface area contributed by atoms with E-state index < -0.39 is 24.9 Å². The van der Waals surface area contributed by atoms with Crippen LogP contribution in [-0.2, 0) is 4.74 Å². The molecule has 20 heavy (non-hydrogen) atoms. The van der Waals surface area contributed by atoms with Crippen molar-refractivity contribution < 1.29 is 22.7 Å². The maximum absolute atomic E-state index is 11.9. The third-order valence-corrected chi connectivity index (χ3v) is 2.80. The third-order valence-electron chi connectivity index (χ3n) is 2.80. The van der Waals surface area contributed by atoms with E-state index in [1.165, 1.54) is 0 Å². The summed E-state index contributed by atoms with van der Waals surface area (Å²) in [5.74, 6) is 0.393. The lowest BCUT2D eigenvalue weighted by Gasteiger charge is -2.16. The van der Waals surface area contributed by atoms with Gasteiger partial charge in [-0.25, -0.2) is 4.79 Å². The summed E-state index contributed by atoms with van der Waals surface area (Å²) in [6.07, 6.45) is -5.60. The van der Waals surface area contributed by atoms with Crippen LogP contribution in [0.1, 0.15) is 43.9 Å². The zero-order valence-corrected chi connectivity index (χ0v) is 11.6. The van der Waals surface area contributed by atoms with Gasteiger partial charge in [0.05, 0.1) is 6.04 Å². The van der Waals surface area contributed by atoms with Crippen LogP contribution in [0.15, 0.2) is 24.3 Å². The van der Waals surface area contributed by atoms with Crippen molar-refractivity contribution in [1.29, 1.82) is 0 Å². The zero-order valence-electron chi connectivity index (χ0n) is 11.6. The SMILES string of the molecule is CC(C)c1ccc(C(C)NC(=O)OCC(F)(F)F)cc1. The highest BCUT2D eigenvalue weighted by molar-refractivity contribution is 5.67. The number of halogens is 3. The van der Waals surface area contributed by atoms with E-state index in [1.54, 1.807) is 6.92 Å². The summed E-state index contributed by atoms with van der Waals surface area (Å²) >= 11 is 0. The van der Waals surface area contributed by atoms with E-state index >= 15 is 0 Å². The van der Waals surface area contributed by atoms with Crippen LogP contribution in [0.25, 0.3) is 0 Å². The first-order chi connectivity index (χ1) is 9.19. The first-order valence-electron chi connectivity index (χ1n) is 6.29. The van der Waals surface area contributed by atoms with E-state index in [4.69, 9.17) is 0 Å². The van der Waals surface area contributed by atoms with Gasteiger partial charge in [0.15, 0.2) is 6.61 Å². The minimum Gasteiger partial charge on any atom is -0.440 e. The van der Waals surface area contributed by atoms with Gasteiger partial charge < -0.3 is 10.1 Å². The average molecular weight is 289 g/mol. The summed E-state index contributed by atoms with van der Waals surface area (Å²) in [6.45, 7) is 4.22. The molecule has 0 saturated heterocycles. The van der Waals surface area contributed by atoms with Crippen LogP contribution in [0.4, 0.5) is 18.0 Å². The van der Waals surface area contributed by atoms with Crippen LogP contribution >= 0.6 is 0 Å². The topological polar surface area (TPSA) is 38.3 Å². The van der Waals surface area contributed by atoms with Crippen molar-refractivity contribution in [2.24, 2.45) is 0 Å². The largest absolute Gasteiger partial charge is 0.440 e. The lowest BCUT2D eigenvalue weighted by Crippen LogP contribution is -2.30. The molecule has 0 saturated carbocycles. The third kappa shape index (κ3) is 5.50. The summed E-state index contributed by atoms with van der Waals surface area (Å²) < 4.78 is 39.8. The molecule has 0 aliphatic carbocycles. The lowest BCUT2D eigenvalue weighted by atomic mass is 10.00. The predicted molar refractivity (Wildman–Crippen MR) is 69.5 cm³/mol. The Morgan fingerprint density at radius 3 is 2.10 bits per heavy atom. The van der Waals surface area contributed by atoms with Gasteiger partial charge in [-0.15, -0.1) is 0 Å². The van der Waals surface area contributed by atoms with Gasteiger partial charge in [0.25, 0.3) is 0 Å². The fraction of sp³-hybridized carbons (Fsp3) is 0.500. The molecule has 0 aromatic heterocycles. The van der Waals surface area contributed by atoms with Crippen LogP contribution in [0.2, 0.25) is 0 Å². The minimum atomic E-state index is -4.51. The fourth-order valence-electron chi connectivity index (χ4n) is 1.62. The Hall–Kier alpha value is -1.72. The van der Waals surface area contributed by atoms with E-state index in [0.29, 0.717) is 5.92 Å². The normalized spacial score (nSPS) is 13.2. The summed E-state index contributed by atoms with van der Waals surface area (Å²) in [6, 6.07) is 7.11. The minimum absolute atomic E-state index is 0.393. The molecular weight excluding hydrogens is 271 g/mol. The highest BCUT2D eigenvalue weighted by Gasteiger charge is 2.29. The molecule has 0 aliphatic heterocycles. The molecule has 1 N–H and O–H groups in total. The van der Waals surface area contributed by atoms with Crippen molar-refractivity contribution in [3.63, 3.8) is 0 Å². The van der Waals surface area contributed by atoms with Crippen LogP contribution in [0.3, 0.4) is 0 Å². The second kappa shape index (κ2) is 6.63. The second-order valence-electron chi connectivity index (χ2n) is 4.88. The summed E-state index contributed by atoms with van der Waals surface area (Å²) in [7, 11) is 0. The zero-order chi connectivity index (χ0) is 15.3. The first kappa shape index (κ1) is 16.3. The molecule has 0 radical (unpaired) electrons. The lowest BCUT2D eigenvalue weighted by molar-refractivity contribution is -0.160. The van der Waals surface area contributed by atoms with Gasteiger partial charge in [0.2, 0.25) is 0 Å². The van der Waals surface area contributed by atoms with E-state index in [9.17, 15) is 18.0 Å². The van der Waals surface area contributed by atoms with Crippen LogP contribution in [-0.4, -0.2) is 18.9 Å². The van der Waals surface area contributed by atoms with E-state index in [0.717, 1.165) is 11.1 Å². The van der Waals surface area contributed by atoms with Crippen molar-refractivity contribution in [1.82, 2.24) is 5.32 Å². The molecule has 3 nitrogen and oxygen atoms in total. The Balaban J connectivity index is 2.53. The summed E-state index contributed by atoms with van der Waals surface area (Å²) in [4.78, 5) is 11.2. The first-order valence-corrected chi connectivity index (χ1v) is 6.29. The number of ether oxygens (including phenoxy) is 1. The molecular formula is C14H18F3NO2. The van der Waals surface area contributed by atoms with Gasteiger partial charge in [-0.2, -0.15) is 13.2 Å². The Kier molecular flexibility index (Phi) is 5.42. The van der Waals surface area contributed by atoms with E-state index in [1.807, 2.05) is 24.3 Å². The van der Waals surface area contributed by atoms with Crippen molar-refractivity contribution in [2.45, 2.75) is 38.9 Å². The standard InChI is InChI=1S/C14H18F3NO2/c1-9(2)11-4-6-12(7-5-11)10(3)18-13(19)20-8-14(15,16)17/h4-7,9-10H,8H2,1-3H3,(H,18,19). The monoisotopic (exact) mass is 289 g/mol. The molecule has 1 aromatic rings. The Morgan fingerprint density at radius 1 is 1.15 bits per heavy atom. The van der Waals surface area contributed by atoms with Gasteiger partial charge in [0, 0.05) is 0 Å². The quantitative estimate of drug-likeness (QED) is 0.903. The molecule has 6 heteroatoms. The average Bonchev–Trinajstić information content (AvgIpc) is 2.35. The molecule has 0 fully saturated rings. The Labute approximate surface area is 116 Å². The van der Waals surface area contributed by atoms with Crippen LogP contribution in [0, 0.1) is 0 Å². The van der Waals surface area contributed by atoms with Gasteiger partial charge >= 0.3 is 12.3 Å². The number of rotatable bonds is 4. The van der Waals surface area contributed by atoms with E-state index in [-0.39, 0.29) is 0 Å². The second-order valence-corrected chi connectivity index (χ2v) is 4.88. The summed E-state index contributed by atoms with van der Waals surface area (Å²) in [5, 5.41) is 2.36. The maximum Gasteiger partial charge on any atom is 0.422 e. The number of amides is 1. The molecule has 0 spiro atoms. The van der Waals surface area contributed by atoms with Gasteiger partial charge in [-0.1, -0.05) is 38.1 Å². The number of carbonyl (C=O) groups is 1. The molecule has 0 heterocycles. The number of hydrogen-bond donors (Lipinski definition) is 1. The van der Waals surface area contributed by atoms with Crippen molar-refractivity contribution in [3.05, 3.63) is 35.4 Å². The Morgan fingerprint density at radius 2 is 1.65 bits per heavy atom. The van der Waals surface area contributed by atoms with Crippen molar-refractivity contribution in [2.75, 3.05) is 6.61 Å². The maximum atomic E-state index is 11.9. The highest BCUT2D eigenvalue weighted by Crippen LogP contribution is 2.19. The van der Waals surface area contributed by atoms with Gasteiger partial charge in [-0.3, -0.25) is 0 Å². The molecule has 1 aromatic carbocycles. The molecule has 1 unspecified atom stereocenters. The predicted octanol–water partition coefficient (Wildman–Crippen LogP) is 4.16. The number of nitrogens with one attached hydrogen (secondary N) is 1. The smallest absolute Gasteiger partial charge is 0.422 e. The number of alkyl halides is 3. The van der Waals surface area contributed by atoms with E-state index in [2.05, 4.69) is 23.9 Å². The molecule has 1 atom stereocenters. The van der Waals surface area contributed by atoms with Gasteiger partial charge in [0.1, 0.15) is 0 Å². The number of carbonyl (C=O) groups excluding carboxylic acids is 1. The molecule has 1 amide bonds. The molecule has 0 aliphatic rings. The fourth-order valence-corrected chi connectivity index (χ4v) is 1.62. The number of alkyl carbamates (subject to hydrolysis) is 1. The summed E-state index contributed by atoms with van der Waals surface area (Å²) in [5.41, 5.74) is 1.96. The van der Waals surface area contributed by atoms with Crippen LogP contribution in [0.5, 0.6) is 0 Å². The van der Waals surface area contributed by atoms with Crippen LogP contribution < -0.4 is 5.32 Å². The van der Waals surface area contributed by atoms with Gasteiger partial charge in [-0.05, 0) is 24.0 Å². The van der Waals surface area contributed by atoms with Crippen molar-refractivity contribution >= 4 is 6.09 Å². The number of hydrogen-bond acceptors (Lipinski definition) is 2. The molecule has 112 valence electrons. The van der Waals surface area contributed by atoms with Crippen molar-refractivity contribution in [3.8, 4) is 0 Å². The number of benzene rings is 1. The highest BCUT2D eigenvalue weighted by atomic mass is 19.4. The molecule has 1 rings (SSSR count). The Bertz CT molecular complexity index is 441.